The van der Waals surface area contributed by atoms with Gasteiger partial charge in [-0.3, -0.25) is 4.79 Å². The van der Waals surface area contributed by atoms with Gasteiger partial charge in [0.1, 0.15) is 0 Å². The van der Waals surface area contributed by atoms with Crippen molar-refractivity contribution in [2.75, 3.05) is 5.32 Å². The minimum absolute atomic E-state index is 0.0340. The van der Waals surface area contributed by atoms with Crippen molar-refractivity contribution < 1.29 is 13.2 Å². The van der Waals surface area contributed by atoms with Gasteiger partial charge in [0, 0.05) is 18.2 Å². The van der Waals surface area contributed by atoms with Crippen LogP contribution in [0.2, 0.25) is 0 Å². The van der Waals surface area contributed by atoms with Gasteiger partial charge in [-0.15, -0.1) is 0 Å². The molecule has 2 aromatic rings. The van der Waals surface area contributed by atoms with E-state index in [0.29, 0.717) is 18.5 Å². The number of amides is 1. The molecule has 0 spiro atoms. The van der Waals surface area contributed by atoms with Crippen molar-refractivity contribution in [1.29, 1.82) is 0 Å². The maximum atomic E-state index is 12.8. The zero-order chi connectivity index (χ0) is 17.9. The molecule has 0 fully saturated rings. The summed E-state index contributed by atoms with van der Waals surface area (Å²) in [4.78, 5) is 11.7. The number of aryl methyl sites for hydroxylation is 1. The van der Waals surface area contributed by atoms with Gasteiger partial charge in [-0.05, 0) is 42.2 Å². The summed E-state index contributed by atoms with van der Waals surface area (Å²) in [5.74, 6) is -0.0340. The molecule has 0 aliphatic carbocycles. The maximum Gasteiger partial charge on any atom is 0.241 e. The molecule has 0 aromatic heterocycles. The first-order valence-electron chi connectivity index (χ1n) is 8.49. The second kappa shape index (κ2) is 7.37. The van der Waals surface area contributed by atoms with E-state index in [1.165, 1.54) is 0 Å². The number of hydrogen-bond donors (Lipinski definition) is 2. The van der Waals surface area contributed by atoms with E-state index in [0.717, 1.165) is 24.0 Å². The average Bonchev–Trinajstić information content (AvgIpc) is 2.61. The van der Waals surface area contributed by atoms with E-state index in [-0.39, 0.29) is 16.8 Å². The third-order valence-electron chi connectivity index (χ3n) is 4.36. The maximum absolute atomic E-state index is 12.8. The summed E-state index contributed by atoms with van der Waals surface area (Å²) in [7, 11) is -3.64. The van der Waals surface area contributed by atoms with Crippen molar-refractivity contribution in [3.63, 3.8) is 0 Å². The summed E-state index contributed by atoms with van der Waals surface area (Å²) in [6.45, 7) is 2.03. The van der Waals surface area contributed by atoms with E-state index in [4.69, 9.17) is 0 Å². The first-order chi connectivity index (χ1) is 12.0. The smallest absolute Gasteiger partial charge is 0.241 e. The normalized spacial score (nSPS) is 15.3. The Morgan fingerprint density at radius 1 is 1.12 bits per heavy atom. The molecule has 5 nitrogen and oxygen atoms in total. The Morgan fingerprint density at radius 2 is 1.88 bits per heavy atom. The van der Waals surface area contributed by atoms with Gasteiger partial charge >= 0.3 is 0 Å². The Bertz CT molecular complexity index is 863. The van der Waals surface area contributed by atoms with E-state index in [1.807, 2.05) is 37.3 Å². The molecule has 1 aliphatic heterocycles. The van der Waals surface area contributed by atoms with E-state index in [2.05, 4.69) is 10.0 Å². The number of carbonyl (C=O) groups excluding carboxylic acids is 1. The lowest BCUT2D eigenvalue weighted by Gasteiger charge is -2.21. The van der Waals surface area contributed by atoms with Crippen LogP contribution >= 0.6 is 0 Å². The molecule has 0 saturated carbocycles. The molecule has 0 saturated heterocycles. The molecule has 25 heavy (non-hydrogen) atoms. The number of benzene rings is 2. The highest BCUT2D eigenvalue weighted by Crippen LogP contribution is 2.27. The predicted molar refractivity (Wildman–Crippen MR) is 97.8 cm³/mol. The molecular formula is C19H22N2O3S. The zero-order valence-electron chi connectivity index (χ0n) is 14.2. The SMILES string of the molecule is CCC[C@H](NS(=O)(=O)c1ccc2c(c1)CCC(=O)N2)c1ccccc1. The van der Waals surface area contributed by atoms with E-state index < -0.39 is 10.0 Å². The number of anilines is 1. The van der Waals surface area contributed by atoms with E-state index in [9.17, 15) is 13.2 Å². The van der Waals surface area contributed by atoms with Crippen molar-refractivity contribution in [2.24, 2.45) is 0 Å². The molecule has 1 heterocycles. The Labute approximate surface area is 148 Å². The zero-order valence-corrected chi connectivity index (χ0v) is 15.0. The standard InChI is InChI=1S/C19H22N2O3S/c1-2-6-18(14-7-4-3-5-8-14)21-25(23,24)16-10-11-17-15(13-16)9-12-19(22)20-17/h3-5,7-8,10-11,13,18,21H,2,6,9,12H2,1H3,(H,20,22)/t18-/m0/s1. The first-order valence-corrected chi connectivity index (χ1v) is 9.98. The van der Waals surface area contributed by atoms with Crippen molar-refractivity contribution in [3.05, 3.63) is 59.7 Å². The van der Waals surface area contributed by atoms with Crippen molar-refractivity contribution in [1.82, 2.24) is 4.72 Å². The lowest BCUT2D eigenvalue weighted by Crippen LogP contribution is -2.29. The molecule has 0 bridgehead atoms. The minimum Gasteiger partial charge on any atom is -0.326 e. The van der Waals surface area contributed by atoms with Crippen LogP contribution < -0.4 is 10.0 Å². The number of carbonyl (C=O) groups is 1. The van der Waals surface area contributed by atoms with E-state index >= 15 is 0 Å². The summed E-state index contributed by atoms with van der Waals surface area (Å²) in [6, 6.07) is 14.2. The van der Waals surface area contributed by atoms with Gasteiger partial charge in [0.15, 0.2) is 0 Å². The van der Waals surface area contributed by atoms with Crippen LogP contribution in [0.1, 0.15) is 43.4 Å². The van der Waals surface area contributed by atoms with Crippen molar-refractivity contribution in [2.45, 2.75) is 43.5 Å². The summed E-state index contributed by atoms with van der Waals surface area (Å²) >= 11 is 0. The van der Waals surface area contributed by atoms with Gasteiger partial charge in [0.2, 0.25) is 15.9 Å². The van der Waals surface area contributed by atoms with Crippen LogP contribution in [-0.4, -0.2) is 14.3 Å². The van der Waals surface area contributed by atoms with Gasteiger partial charge in [0.05, 0.1) is 4.90 Å². The molecule has 0 radical (unpaired) electrons. The topological polar surface area (TPSA) is 75.3 Å². The van der Waals surface area contributed by atoms with Crippen molar-refractivity contribution >= 4 is 21.6 Å². The van der Waals surface area contributed by atoms with Gasteiger partial charge < -0.3 is 5.32 Å². The Balaban J connectivity index is 1.87. The van der Waals surface area contributed by atoms with Crippen LogP contribution in [0, 0.1) is 0 Å². The fourth-order valence-electron chi connectivity index (χ4n) is 3.05. The third kappa shape index (κ3) is 4.08. The second-order valence-electron chi connectivity index (χ2n) is 6.24. The molecule has 1 aliphatic rings. The lowest BCUT2D eigenvalue weighted by molar-refractivity contribution is -0.116. The van der Waals surface area contributed by atoms with Gasteiger partial charge in [-0.2, -0.15) is 0 Å². The van der Waals surface area contributed by atoms with Crippen LogP contribution in [0.3, 0.4) is 0 Å². The molecule has 2 aromatic carbocycles. The Hall–Kier alpha value is -2.18. The highest BCUT2D eigenvalue weighted by Gasteiger charge is 2.23. The van der Waals surface area contributed by atoms with Crippen LogP contribution in [0.15, 0.2) is 53.4 Å². The number of rotatable bonds is 6. The monoisotopic (exact) mass is 358 g/mol. The summed E-state index contributed by atoms with van der Waals surface area (Å²) in [5.41, 5.74) is 2.51. The highest BCUT2D eigenvalue weighted by molar-refractivity contribution is 7.89. The number of nitrogens with one attached hydrogen (secondary N) is 2. The molecule has 0 unspecified atom stereocenters. The molecule has 1 atom stereocenters. The number of sulfonamides is 1. The summed E-state index contributed by atoms with van der Waals surface area (Å²) < 4.78 is 28.5. The van der Waals surface area contributed by atoms with Crippen LogP contribution in [0.4, 0.5) is 5.69 Å². The fourth-order valence-corrected chi connectivity index (χ4v) is 4.36. The number of hydrogen-bond acceptors (Lipinski definition) is 3. The number of fused-ring (bicyclic) bond motifs is 1. The van der Waals surface area contributed by atoms with Gasteiger partial charge in [-0.1, -0.05) is 43.7 Å². The molecule has 6 heteroatoms. The fraction of sp³-hybridized carbons (Fsp3) is 0.316. The molecule has 2 N–H and O–H groups in total. The van der Waals surface area contributed by atoms with Crippen LogP contribution in [0.25, 0.3) is 0 Å². The highest BCUT2D eigenvalue weighted by atomic mass is 32.2. The van der Waals surface area contributed by atoms with Gasteiger partial charge in [-0.25, -0.2) is 13.1 Å². The van der Waals surface area contributed by atoms with Crippen LogP contribution in [0.5, 0.6) is 0 Å². The minimum atomic E-state index is -3.64. The third-order valence-corrected chi connectivity index (χ3v) is 5.83. The van der Waals surface area contributed by atoms with Crippen LogP contribution in [-0.2, 0) is 21.2 Å². The second-order valence-corrected chi connectivity index (χ2v) is 7.95. The van der Waals surface area contributed by atoms with E-state index in [1.54, 1.807) is 18.2 Å². The Morgan fingerprint density at radius 3 is 2.60 bits per heavy atom. The molecular weight excluding hydrogens is 336 g/mol. The summed E-state index contributed by atoms with van der Waals surface area (Å²) in [5, 5.41) is 2.77. The van der Waals surface area contributed by atoms with Crippen molar-refractivity contribution in [3.8, 4) is 0 Å². The van der Waals surface area contributed by atoms with Gasteiger partial charge in [0.25, 0.3) is 0 Å². The average molecular weight is 358 g/mol. The molecule has 3 rings (SSSR count). The largest absolute Gasteiger partial charge is 0.326 e. The summed E-state index contributed by atoms with van der Waals surface area (Å²) in [6.07, 6.45) is 2.54. The molecule has 1 amide bonds. The Kier molecular flexibility index (Phi) is 5.20. The quantitative estimate of drug-likeness (QED) is 0.831. The first kappa shape index (κ1) is 17.6. The molecule has 132 valence electrons. The predicted octanol–water partition coefficient (Wildman–Crippen LogP) is 3.39. The lowest BCUT2D eigenvalue weighted by atomic mass is 10.0.